The average Bonchev–Trinajstić information content (AvgIpc) is 2.66. The number of nitrogens with one attached hydrogen (secondary N) is 1. The first-order valence-corrected chi connectivity index (χ1v) is 9.65. The number of rotatable bonds is 7. The second-order valence-corrected chi connectivity index (χ2v) is 7.37. The molecule has 0 aliphatic heterocycles. The zero-order chi connectivity index (χ0) is 20.0. The van der Waals surface area contributed by atoms with E-state index >= 15 is 0 Å². The Hall–Kier alpha value is -1.75. The summed E-state index contributed by atoms with van der Waals surface area (Å²) in [6.07, 6.45) is 0.739. The van der Waals surface area contributed by atoms with Crippen molar-refractivity contribution in [3.05, 3.63) is 68.7 Å². The van der Waals surface area contributed by atoms with Gasteiger partial charge in [0.1, 0.15) is 6.04 Å². The molecular formula is C20H21Cl3N2O2. The molecule has 2 aromatic rings. The van der Waals surface area contributed by atoms with Crippen molar-refractivity contribution < 1.29 is 9.59 Å². The summed E-state index contributed by atoms with van der Waals surface area (Å²) >= 11 is 18.2. The van der Waals surface area contributed by atoms with E-state index in [1.165, 1.54) is 4.90 Å². The van der Waals surface area contributed by atoms with Gasteiger partial charge < -0.3 is 10.2 Å². The maximum atomic E-state index is 12.9. The topological polar surface area (TPSA) is 49.4 Å². The van der Waals surface area contributed by atoms with E-state index in [1.54, 1.807) is 38.2 Å². The third-order valence-electron chi connectivity index (χ3n) is 4.32. The van der Waals surface area contributed by atoms with Crippen molar-refractivity contribution in [2.24, 2.45) is 0 Å². The largest absolute Gasteiger partial charge is 0.357 e. The van der Waals surface area contributed by atoms with E-state index in [9.17, 15) is 9.59 Å². The quantitative estimate of drug-likeness (QED) is 0.693. The van der Waals surface area contributed by atoms with Crippen LogP contribution in [0.15, 0.2) is 42.5 Å². The second kappa shape index (κ2) is 9.98. The molecule has 0 fully saturated rings. The number of benzene rings is 2. The van der Waals surface area contributed by atoms with Crippen LogP contribution in [-0.2, 0) is 22.6 Å². The monoisotopic (exact) mass is 426 g/mol. The lowest BCUT2D eigenvalue weighted by molar-refractivity contribution is -0.140. The highest BCUT2D eigenvalue weighted by Gasteiger charge is 2.25. The van der Waals surface area contributed by atoms with Crippen molar-refractivity contribution in [2.45, 2.75) is 32.4 Å². The third-order valence-corrected chi connectivity index (χ3v) is 5.42. The smallest absolute Gasteiger partial charge is 0.242 e. The summed E-state index contributed by atoms with van der Waals surface area (Å²) in [4.78, 5) is 26.6. The Labute approximate surface area is 174 Å². The van der Waals surface area contributed by atoms with Crippen LogP contribution in [0.2, 0.25) is 15.1 Å². The van der Waals surface area contributed by atoms with Gasteiger partial charge in [0, 0.05) is 25.0 Å². The van der Waals surface area contributed by atoms with Crippen molar-refractivity contribution in [1.82, 2.24) is 10.2 Å². The van der Waals surface area contributed by atoms with E-state index in [-0.39, 0.29) is 24.8 Å². The number of hydrogen-bond donors (Lipinski definition) is 1. The molecule has 0 saturated carbocycles. The van der Waals surface area contributed by atoms with Gasteiger partial charge in [-0.15, -0.1) is 0 Å². The molecule has 0 aliphatic rings. The highest BCUT2D eigenvalue weighted by atomic mass is 35.5. The standard InChI is InChI=1S/C20H21Cl3N2O2/c1-13(20(27)24-2)25(12-14-7-9-17(22)18(23)11-14)19(26)10-8-15-5-3-4-6-16(15)21/h3-7,9,11,13H,8,10,12H2,1-2H3,(H,24,27)/t13-/m0/s1. The lowest BCUT2D eigenvalue weighted by atomic mass is 10.1. The average molecular weight is 428 g/mol. The lowest BCUT2D eigenvalue weighted by Gasteiger charge is -2.28. The van der Waals surface area contributed by atoms with E-state index in [0.29, 0.717) is 21.5 Å². The molecule has 1 atom stereocenters. The summed E-state index contributed by atoms with van der Waals surface area (Å²) in [6.45, 7) is 1.95. The number of carbonyl (C=O) groups is 2. The number of hydrogen-bond acceptors (Lipinski definition) is 2. The van der Waals surface area contributed by atoms with Gasteiger partial charge in [0.25, 0.3) is 0 Å². The number of likely N-dealkylation sites (N-methyl/N-ethyl adjacent to an activating group) is 1. The predicted molar refractivity (Wildman–Crippen MR) is 110 cm³/mol. The Balaban J connectivity index is 2.17. The van der Waals surface area contributed by atoms with Crippen LogP contribution in [0.5, 0.6) is 0 Å². The van der Waals surface area contributed by atoms with Crippen LogP contribution in [0.25, 0.3) is 0 Å². The first-order valence-electron chi connectivity index (χ1n) is 8.52. The summed E-state index contributed by atoms with van der Waals surface area (Å²) < 4.78 is 0. The zero-order valence-corrected chi connectivity index (χ0v) is 17.4. The van der Waals surface area contributed by atoms with E-state index < -0.39 is 6.04 Å². The van der Waals surface area contributed by atoms with Crippen LogP contribution in [-0.4, -0.2) is 29.8 Å². The van der Waals surface area contributed by atoms with Crippen LogP contribution >= 0.6 is 34.8 Å². The van der Waals surface area contributed by atoms with E-state index in [2.05, 4.69) is 5.32 Å². The lowest BCUT2D eigenvalue weighted by Crippen LogP contribution is -2.46. The maximum absolute atomic E-state index is 12.9. The number of aryl methyl sites for hydroxylation is 1. The van der Waals surface area contributed by atoms with Crippen LogP contribution in [0.3, 0.4) is 0 Å². The van der Waals surface area contributed by atoms with Gasteiger partial charge in [0.05, 0.1) is 10.0 Å². The van der Waals surface area contributed by atoms with Crippen LogP contribution in [0.4, 0.5) is 0 Å². The second-order valence-electron chi connectivity index (χ2n) is 6.15. The third kappa shape index (κ3) is 5.86. The van der Waals surface area contributed by atoms with Gasteiger partial charge in [-0.2, -0.15) is 0 Å². The van der Waals surface area contributed by atoms with E-state index in [0.717, 1.165) is 11.1 Å². The molecule has 7 heteroatoms. The molecule has 2 amide bonds. The van der Waals surface area contributed by atoms with Crippen LogP contribution in [0, 0.1) is 0 Å². The molecule has 0 bridgehead atoms. The van der Waals surface area contributed by atoms with Gasteiger partial charge in [-0.3, -0.25) is 9.59 Å². The Morgan fingerprint density at radius 3 is 2.37 bits per heavy atom. The van der Waals surface area contributed by atoms with Gasteiger partial charge in [-0.25, -0.2) is 0 Å². The summed E-state index contributed by atoms with van der Waals surface area (Å²) in [5, 5.41) is 4.06. The van der Waals surface area contributed by atoms with Crippen molar-refractivity contribution in [2.75, 3.05) is 7.05 Å². The van der Waals surface area contributed by atoms with Gasteiger partial charge >= 0.3 is 0 Å². The fraction of sp³-hybridized carbons (Fsp3) is 0.300. The molecule has 0 aliphatic carbocycles. The molecule has 1 N–H and O–H groups in total. The van der Waals surface area contributed by atoms with Crippen molar-refractivity contribution in [3.8, 4) is 0 Å². The fourth-order valence-corrected chi connectivity index (χ4v) is 3.26. The summed E-state index contributed by atoms with van der Waals surface area (Å²) in [5.74, 6) is -0.377. The molecule has 144 valence electrons. The number of carbonyl (C=O) groups excluding carboxylic acids is 2. The minimum absolute atomic E-state index is 0.142. The molecular weight excluding hydrogens is 407 g/mol. The van der Waals surface area contributed by atoms with Crippen LogP contribution in [0.1, 0.15) is 24.5 Å². The molecule has 2 rings (SSSR count). The summed E-state index contributed by atoms with van der Waals surface area (Å²) in [7, 11) is 1.55. The summed E-state index contributed by atoms with van der Waals surface area (Å²) in [5.41, 5.74) is 1.70. The van der Waals surface area contributed by atoms with Crippen molar-refractivity contribution in [1.29, 1.82) is 0 Å². The zero-order valence-electron chi connectivity index (χ0n) is 15.1. The van der Waals surface area contributed by atoms with Crippen molar-refractivity contribution in [3.63, 3.8) is 0 Å². The first-order chi connectivity index (χ1) is 12.8. The number of halogens is 3. The normalized spacial score (nSPS) is 11.7. The summed E-state index contributed by atoms with van der Waals surface area (Å²) in [6, 6.07) is 12.0. The van der Waals surface area contributed by atoms with Crippen molar-refractivity contribution >= 4 is 46.6 Å². The fourth-order valence-electron chi connectivity index (χ4n) is 2.71. The highest BCUT2D eigenvalue weighted by molar-refractivity contribution is 6.42. The Kier molecular flexibility index (Phi) is 7.96. The number of nitrogens with zero attached hydrogens (tertiary/aromatic N) is 1. The molecule has 0 unspecified atom stereocenters. The number of amides is 2. The Morgan fingerprint density at radius 2 is 1.74 bits per heavy atom. The first kappa shape index (κ1) is 21.5. The maximum Gasteiger partial charge on any atom is 0.242 e. The molecule has 4 nitrogen and oxygen atoms in total. The minimum Gasteiger partial charge on any atom is -0.357 e. The molecule has 2 aromatic carbocycles. The minimum atomic E-state index is -0.622. The molecule has 0 aromatic heterocycles. The van der Waals surface area contributed by atoms with E-state index in [4.69, 9.17) is 34.8 Å². The van der Waals surface area contributed by atoms with Gasteiger partial charge in [-0.05, 0) is 42.7 Å². The highest BCUT2D eigenvalue weighted by Crippen LogP contribution is 2.24. The molecule has 0 radical (unpaired) electrons. The van der Waals surface area contributed by atoms with Crippen LogP contribution < -0.4 is 5.32 Å². The Morgan fingerprint density at radius 1 is 1.04 bits per heavy atom. The molecule has 27 heavy (non-hydrogen) atoms. The molecule has 0 saturated heterocycles. The van der Waals surface area contributed by atoms with Gasteiger partial charge in [-0.1, -0.05) is 59.1 Å². The predicted octanol–water partition coefficient (Wildman–Crippen LogP) is 4.74. The van der Waals surface area contributed by atoms with Gasteiger partial charge in [0.15, 0.2) is 0 Å². The van der Waals surface area contributed by atoms with Gasteiger partial charge in [0.2, 0.25) is 11.8 Å². The molecule has 0 spiro atoms. The SMILES string of the molecule is CNC(=O)[C@H](C)N(Cc1ccc(Cl)c(Cl)c1)C(=O)CCc1ccccc1Cl. The van der Waals surface area contributed by atoms with E-state index in [1.807, 2.05) is 18.2 Å². The molecule has 0 heterocycles. The Bertz CT molecular complexity index is 827.